The number of ether oxygens (including phenoxy) is 2. The van der Waals surface area contributed by atoms with Crippen LogP contribution >= 0.6 is 35.0 Å². The van der Waals surface area contributed by atoms with Gasteiger partial charge in [0.2, 0.25) is 5.88 Å². The van der Waals surface area contributed by atoms with Gasteiger partial charge in [-0.3, -0.25) is 5.32 Å². The number of benzene rings is 3. The number of hydrogen-bond acceptors (Lipinski definition) is 6. The molecule has 39 heavy (non-hydrogen) atoms. The van der Waals surface area contributed by atoms with Crippen molar-refractivity contribution in [2.24, 2.45) is 5.10 Å². The summed E-state index contributed by atoms with van der Waals surface area (Å²) in [6.07, 6.45) is -4.48. The lowest BCUT2D eigenvalue weighted by molar-refractivity contribution is -0.137. The minimum absolute atomic E-state index is 0.0456. The molecule has 0 atom stereocenters. The quantitative estimate of drug-likeness (QED) is 0.241. The molecule has 7 nitrogen and oxygen atoms in total. The average Bonchev–Trinajstić information content (AvgIpc) is 3.53. The number of carbonyl (C=O) groups is 1. The van der Waals surface area contributed by atoms with Crippen molar-refractivity contribution in [2.45, 2.75) is 6.18 Å². The highest BCUT2D eigenvalue weighted by molar-refractivity contribution is 8.14. The summed E-state index contributed by atoms with van der Waals surface area (Å²) in [4.78, 5) is 12.7. The Kier molecular flexibility index (Phi) is 7.65. The molecular weight excluding hydrogens is 578 g/mol. The molecule has 0 saturated carbocycles. The summed E-state index contributed by atoms with van der Waals surface area (Å²) in [6.45, 7) is 0. The second-order valence-corrected chi connectivity index (χ2v) is 9.80. The second kappa shape index (κ2) is 11.1. The second-order valence-electron chi connectivity index (χ2n) is 7.99. The summed E-state index contributed by atoms with van der Waals surface area (Å²) < 4.78 is 55.7. The third kappa shape index (κ3) is 6.80. The first-order valence-electron chi connectivity index (χ1n) is 11.1. The highest BCUT2D eigenvalue weighted by atomic mass is 35.5. The van der Waals surface area contributed by atoms with Crippen LogP contribution in [0.2, 0.25) is 10.0 Å². The lowest BCUT2D eigenvalue weighted by Gasteiger charge is -2.11. The fourth-order valence-corrected chi connectivity index (χ4v) is 4.79. The summed E-state index contributed by atoms with van der Waals surface area (Å²) in [5.74, 6) is 1.20. The molecule has 0 fully saturated rings. The molecular formula is C26H16Cl2F3N3O4S. The summed E-state index contributed by atoms with van der Waals surface area (Å²) >= 11 is 13.2. The van der Waals surface area contributed by atoms with Gasteiger partial charge in [0.05, 0.1) is 11.4 Å². The minimum Gasteiger partial charge on any atom is -0.457 e. The van der Waals surface area contributed by atoms with Gasteiger partial charge in [0.1, 0.15) is 22.3 Å². The maximum Gasteiger partial charge on any atom is 0.416 e. The number of furan rings is 1. The van der Waals surface area contributed by atoms with Crippen molar-refractivity contribution in [3.05, 3.63) is 100 Å². The SMILES string of the molecule is O=C(Nc1ccc(Oc2cc(Cl)cc(Cl)c2)o1)N1CSC(c2cccc(Oc3cccc(C(F)(F)F)c3)c2)=N1. The molecule has 0 aliphatic carbocycles. The Hall–Kier alpha value is -3.80. The van der Waals surface area contributed by atoms with Gasteiger partial charge in [0.15, 0.2) is 0 Å². The Bertz CT molecular complexity index is 1540. The van der Waals surface area contributed by atoms with E-state index in [1.54, 1.807) is 42.5 Å². The molecule has 3 aromatic carbocycles. The molecule has 1 aromatic heterocycles. The van der Waals surface area contributed by atoms with Crippen molar-refractivity contribution >= 4 is 51.9 Å². The predicted octanol–water partition coefficient (Wildman–Crippen LogP) is 9.09. The van der Waals surface area contributed by atoms with Crippen LogP contribution in [0.4, 0.5) is 23.8 Å². The summed E-state index contributed by atoms with van der Waals surface area (Å²) in [5.41, 5.74) is -0.175. The lowest BCUT2D eigenvalue weighted by Crippen LogP contribution is -2.27. The normalized spacial score (nSPS) is 13.3. The first kappa shape index (κ1) is 26.8. The van der Waals surface area contributed by atoms with Crippen LogP contribution in [0, 0.1) is 0 Å². The Labute approximate surface area is 234 Å². The van der Waals surface area contributed by atoms with Crippen molar-refractivity contribution in [1.82, 2.24) is 5.01 Å². The van der Waals surface area contributed by atoms with Crippen molar-refractivity contribution < 1.29 is 31.9 Å². The summed E-state index contributed by atoms with van der Waals surface area (Å²) in [7, 11) is 0. The van der Waals surface area contributed by atoms with Gasteiger partial charge >= 0.3 is 12.2 Å². The van der Waals surface area contributed by atoms with Gasteiger partial charge in [-0.25, -0.2) is 9.80 Å². The Morgan fingerprint density at radius 2 is 1.64 bits per heavy atom. The van der Waals surface area contributed by atoms with Crippen LogP contribution in [0.3, 0.4) is 0 Å². The van der Waals surface area contributed by atoms with Gasteiger partial charge in [0, 0.05) is 27.7 Å². The number of hydrogen-bond donors (Lipinski definition) is 1. The molecule has 2 amide bonds. The molecule has 13 heteroatoms. The van der Waals surface area contributed by atoms with Gasteiger partial charge in [-0.05, 0) is 48.5 Å². The third-order valence-electron chi connectivity index (χ3n) is 5.11. The zero-order chi connectivity index (χ0) is 27.6. The Balaban J connectivity index is 1.22. The number of carbonyl (C=O) groups excluding carboxylic acids is 1. The van der Waals surface area contributed by atoms with Crippen LogP contribution in [-0.2, 0) is 6.18 Å². The number of anilines is 1. The van der Waals surface area contributed by atoms with Gasteiger partial charge in [-0.1, -0.05) is 53.2 Å². The van der Waals surface area contributed by atoms with Crippen molar-refractivity contribution in [3.63, 3.8) is 0 Å². The Morgan fingerprint density at radius 1 is 0.923 bits per heavy atom. The molecule has 1 aliphatic rings. The van der Waals surface area contributed by atoms with E-state index in [9.17, 15) is 18.0 Å². The number of hydrazone groups is 1. The van der Waals surface area contributed by atoms with E-state index in [2.05, 4.69) is 10.4 Å². The zero-order valence-corrected chi connectivity index (χ0v) is 21.9. The van der Waals surface area contributed by atoms with E-state index in [-0.39, 0.29) is 23.5 Å². The monoisotopic (exact) mass is 593 g/mol. The average molecular weight is 594 g/mol. The molecule has 200 valence electrons. The Morgan fingerprint density at radius 3 is 2.38 bits per heavy atom. The molecule has 0 radical (unpaired) electrons. The number of halogens is 5. The number of nitrogens with one attached hydrogen (secondary N) is 1. The van der Waals surface area contributed by atoms with Gasteiger partial charge in [-0.2, -0.15) is 18.3 Å². The lowest BCUT2D eigenvalue weighted by atomic mass is 10.2. The van der Waals surface area contributed by atoms with E-state index >= 15 is 0 Å². The minimum atomic E-state index is -4.48. The molecule has 0 spiro atoms. The number of amides is 2. The maximum atomic E-state index is 13.0. The first-order valence-corrected chi connectivity index (χ1v) is 12.9. The van der Waals surface area contributed by atoms with E-state index in [1.807, 2.05) is 0 Å². The number of alkyl halides is 3. The standard InChI is InChI=1S/C26H16Cl2F3N3O4S/c27-17-11-18(28)13-21(12-17)37-23-8-7-22(38-23)32-25(35)34-14-39-24(33-34)15-3-1-5-19(9-15)36-20-6-2-4-16(10-20)26(29,30)31/h1-13H,14H2,(H,32,35). The fourth-order valence-electron chi connectivity index (χ4n) is 3.42. The smallest absolute Gasteiger partial charge is 0.416 e. The van der Waals surface area contributed by atoms with Crippen LogP contribution in [0.1, 0.15) is 11.1 Å². The molecule has 5 rings (SSSR count). The van der Waals surface area contributed by atoms with E-state index in [0.29, 0.717) is 32.2 Å². The first-order chi connectivity index (χ1) is 18.6. The van der Waals surface area contributed by atoms with Crippen molar-refractivity contribution in [2.75, 3.05) is 11.2 Å². The van der Waals surface area contributed by atoms with Gasteiger partial charge in [0.25, 0.3) is 5.95 Å². The largest absolute Gasteiger partial charge is 0.457 e. The highest BCUT2D eigenvalue weighted by Crippen LogP contribution is 2.34. The van der Waals surface area contributed by atoms with Crippen molar-refractivity contribution in [1.29, 1.82) is 0 Å². The van der Waals surface area contributed by atoms with Crippen LogP contribution < -0.4 is 14.8 Å². The highest BCUT2D eigenvalue weighted by Gasteiger charge is 2.30. The van der Waals surface area contributed by atoms with Crippen LogP contribution in [-0.4, -0.2) is 22.0 Å². The maximum absolute atomic E-state index is 13.0. The molecule has 4 aromatic rings. The molecule has 0 saturated heterocycles. The molecule has 2 heterocycles. The van der Waals surface area contributed by atoms with E-state index in [4.69, 9.17) is 37.1 Å². The molecule has 0 unspecified atom stereocenters. The summed E-state index contributed by atoms with van der Waals surface area (Å²) in [6, 6.07) is 18.5. The molecule has 1 aliphatic heterocycles. The zero-order valence-electron chi connectivity index (χ0n) is 19.5. The van der Waals surface area contributed by atoms with Crippen LogP contribution in [0.15, 0.2) is 88.4 Å². The van der Waals surface area contributed by atoms with Crippen molar-refractivity contribution in [3.8, 4) is 23.2 Å². The number of thioether (sulfide) groups is 1. The van der Waals surface area contributed by atoms with E-state index in [1.165, 1.54) is 41.0 Å². The van der Waals surface area contributed by atoms with E-state index in [0.717, 1.165) is 12.1 Å². The molecule has 1 N–H and O–H groups in total. The molecule has 0 bridgehead atoms. The topological polar surface area (TPSA) is 76.3 Å². The van der Waals surface area contributed by atoms with Crippen LogP contribution in [0.25, 0.3) is 0 Å². The van der Waals surface area contributed by atoms with Gasteiger partial charge < -0.3 is 13.9 Å². The van der Waals surface area contributed by atoms with E-state index < -0.39 is 17.8 Å². The number of urea groups is 1. The van der Waals surface area contributed by atoms with Gasteiger partial charge in [-0.15, -0.1) is 0 Å². The number of rotatable bonds is 6. The van der Waals surface area contributed by atoms with Crippen LogP contribution in [0.5, 0.6) is 23.2 Å². The third-order valence-corrected chi connectivity index (χ3v) is 6.51. The summed E-state index contributed by atoms with van der Waals surface area (Å²) in [5, 5.41) is 9.46. The predicted molar refractivity (Wildman–Crippen MR) is 143 cm³/mol. The number of nitrogens with zero attached hydrogens (tertiary/aromatic N) is 2. The fraction of sp³-hybridized carbons (Fsp3) is 0.0769.